The molecule has 3 nitrogen and oxygen atoms in total. The lowest BCUT2D eigenvalue weighted by atomic mass is 9.92. The van der Waals surface area contributed by atoms with E-state index in [9.17, 15) is 0 Å². The van der Waals surface area contributed by atoms with Gasteiger partial charge in [0, 0.05) is 0 Å². The summed E-state index contributed by atoms with van der Waals surface area (Å²) in [5.74, 6) is 1.23. The second-order valence-electron chi connectivity index (χ2n) is 4.52. The van der Waals surface area contributed by atoms with Crippen molar-refractivity contribution in [1.82, 2.24) is 9.97 Å². The third-order valence-electron chi connectivity index (χ3n) is 3.25. The number of benzene rings is 1. The predicted molar refractivity (Wildman–Crippen MR) is 77.9 cm³/mol. The van der Waals surface area contributed by atoms with Gasteiger partial charge in [0.2, 0.25) is 5.88 Å². The van der Waals surface area contributed by atoms with E-state index in [2.05, 4.69) is 38.0 Å². The largest absolute Gasteiger partial charge is 0.438 e. The maximum atomic E-state index is 5.92. The molecule has 0 fully saturated rings. The topological polar surface area (TPSA) is 35.0 Å². The summed E-state index contributed by atoms with van der Waals surface area (Å²) in [4.78, 5) is 7.96. The van der Waals surface area contributed by atoms with E-state index in [1.807, 2.05) is 6.07 Å². The smallest absolute Gasteiger partial charge is 0.238 e. The van der Waals surface area contributed by atoms with Crippen molar-refractivity contribution in [3.8, 4) is 11.6 Å². The SMILES string of the molecule is Clc1ncnc(Oc2ccc3c(c2)CCCC3)c1Br. The summed E-state index contributed by atoms with van der Waals surface area (Å²) >= 11 is 9.25. The second kappa shape index (κ2) is 5.47. The summed E-state index contributed by atoms with van der Waals surface area (Å²) in [6, 6.07) is 6.21. The molecule has 2 aromatic rings. The van der Waals surface area contributed by atoms with Crippen LogP contribution in [0.1, 0.15) is 24.0 Å². The van der Waals surface area contributed by atoms with Crippen LogP contribution in [-0.2, 0) is 12.8 Å². The van der Waals surface area contributed by atoms with Crippen LogP contribution < -0.4 is 4.74 Å². The highest BCUT2D eigenvalue weighted by Crippen LogP contribution is 2.33. The zero-order valence-electron chi connectivity index (χ0n) is 10.2. The van der Waals surface area contributed by atoms with Gasteiger partial charge in [-0.1, -0.05) is 17.7 Å². The number of hydrogen-bond acceptors (Lipinski definition) is 3. The van der Waals surface area contributed by atoms with Crippen molar-refractivity contribution in [3.63, 3.8) is 0 Å². The van der Waals surface area contributed by atoms with E-state index < -0.39 is 0 Å². The van der Waals surface area contributed by atoms with Gasteiger partial charge >= 0.3 is 0 Å². The number of nitrogens with zero attached hydrogens (tertiary/aromatic N) is 2. The fraction of sp³-hybridized carbons (Fsp3) is 0.286. The lowest BCUT2D eigenvalue weighted by molar-refractivity contribution is 0.456. The van der Waals surface area contributed by atoms with Gasteiger partial charge in [-0.3, -0.25) is 0 Å². The van der Waals surface area contributed by atoms with E-state index in [1.54, 1.807) is 0 Å². The number of halogens is 2. The van der Waals surface area contributed by atoms with Crippen molar-refractivity contribution in [2.75, 3.05) is 0 Å². The van der Waals surface area contributed by atoms with Crippen LogP contribution in [-0.4, -0.2) is 9.97 Å². The number of aryl methyl sites for hydroxylation is 2. The van der Waals surface area contributed by atoms with Gasteiger partial charge in [-0.25, -0.2) is 9.97 Å². The molecule has 0 radical (unpaired) electrons. The molecule has 5 heteroatoms. The number of rotatable bonds is 2. The molecular formula is C14H12BrClN2O. The third kappa shape index (κ3) is 2.74. The Balaban J connectivity index is 1.89. The van der Waals surface area contributed by atoms with Crippen LogP contribution in [0.25, 0.3) is 0 Å². The molecule has 1 aromatic heterocycles. The highest BCUT2D eigenvalue weighted by Gasteiger charge is 2.12. The fourth-order valence-electron chi connectivity index (χ4n) is 2.29. The van der Waals surface area contributed by atoms with E-state index in [0.29, 0.717) is 15.5 Å². The van der Waals surface area contributed by atoms with Crippen molar-refractivity contribution in [2.45, 2.75) is 25.7 Å². The minimum absolute atomic E-state index is 0.350. The van der Waals surface area contributed by atoms with Crippen LogP contribution in [0.15, 0.2) is 29.0 Å². The quantitative estimate of drug-likeness (QED) is 0.752. The Hall–Kier alpha value is -1.13. The van der Waals surface area contributed by atoms with Gasteiger partial charge in [0.1, 0.15) is 16.5 Å². The summed E-state index contributed by atoms with van der Waals surface area (Å²) in [5.41, 5.74) is 2.80. The van der Waals surface area contributed by atoms with Gasteiger partial charge < -0.3 is 4.74 Å². The predicted octanol–water partition coefficient (Wildman–Crippen LogP) is 4.56. The Morgan fingerprint density at radius 1 is 1.11 bits per heavy atom. The minimum atomic E-state index is 0.350. The van der Waals surface area contributed by atoms with Crippen molar-refractivity contribution in [2.24, 2.45) is 0 Å². The molecule has 0 amide bonds. The average molecular weight is 340 g/mol. The Morgan fingerprint density at radius 2 is 1.89 bits per heavy atom. The molecule has 19 heavy (non-hydrogen) atoms. The summed E-state index contributed by atoms with van der Waals surface area (Å²) in [6.45, 7) is 0. The normalized spacial score (nSPS) is 14.0. The molecule has 1 aromatic carbocycles. The van der Waals surface area contributed by atoms with Crippen molar-refractivity contribution in [1.29, 1.82) is 0 Å². The third-order valence-corrected chi connectivity index (χ3v) is 4.48. The van der Waals surface area contributed by atoms with Crippen LogP contribution in [0.3, 0.4) is 0 Å². The van der Waals surface area contributed by atoms with Gasteiger partial charge in [0.15, 0.2) is 5.15 Å². The first-order valence-electron chi connectivity index (χ1n) is 6.19. The Labute approximate surface area is 125 Å². The van der Waals surface area contributed by atoms with Gasteiger partial charge in [0.25, 0.3) is 0 Å². The maximum absolute atomic E-state index is 5.92. The molecule has 98 valence electrons. The summed E-state index contributed by atoms with van der Waals surface area (Å²) in [7, 11) is 0. The van der Waals surface area contributed by atoms with Gasteiger partial charge in [-0.15, -0.1) is 0 Å². The summed E-state index contributed by atoms with van der Waals surface area (Å²) in [5, 5.41) is 0.350. The molecule has 0 aliphatic heterocycles. The molecule has 0 unspecified atom stereocenters. The van der Waals surface area contributed by atoms with Crippen LogP contribution in [0, 0.1) is 0 Å². The molecule has 0 bridgehead atoms. The molecule has 0 N–H and O–H groups in total. The number of ether oxygens (including phenoxy) is 1. The monoisotopic (exact) mass is 338 g/mol. The Bertz CT molecular complexity index is 618. The second-order valence-corrected chi connectivity index (χ2v) is 5.67. The van der Waals surface area contributed by atoms with E-state index in [1.165, 1.54) is 36.7 Å². The number of aromatic nitrogens is 2. The van der Waals surface area contributed by atoms with E-state index in [-0.39, 0.29) is 0 Å². The van der Waals surface area contributed by atoms with Crippen molar-refractivity contribution >= 4 is 27.5 Å². The van der Waals surface area contributed by atoms with E-state index in [4.69, 9.17) is 16.3 Å². The standard InChI is InChI=1S/C14H12BrClN2O/c15-12-13(16)17-8-18-14(12)19-11-6-5-9-3-1-2-4-10(9)7-11/h5-8H,1-4H2. The van der Waals surface area contributed by atoms with Gasteiger partial charge in [0.05, 0.1) is 0 Å². The first kappa shape index (κ1) is 12.9. The molecule has 0 atom stereocenters. The molecule has 1 heterocycles. The Kier molecular flexibility index (Phi) is 3.71. The molecule has 1 aliphatic carbocycles. The lowest BCUT2D eigenvalue weighted by Gasteiger charge is -2.16. The first-order chi connectivity index (χ1) is 9.24. The minimum Gasteiger partial charge on any atom is -0.438 e. The lowest BCUT2D eigenvalue weighted by Crippen LogP contribution is -2.02. The van der Waals surface area contributed by atoms with Crippen LogP contribution in [0.4, 0.5) is 0 Å². The molecule has 0 saturated heterocycles. The average Bonchev–Trinajstić information content (AvgIpc) is 2.44. The fourth-order valence-corrected chi connectivity index (χ4v) is 2.70. The summed E-state index contributed by atoms with van der Waals surface area (Å²) in [6.07, 6.45) is 6.21. The van der Waals surface area contributed by atoms with Crippen LogP contribution in [0.5, 0.6) is 11.6 Å². The van der Waals surface area contributed by atoms with E-state index >= 15 is 0 Å². The number of hydrogen-bond donors (Lipinski definition) is 0. The van der Waals surface area contributed by atoms with Gasteiger partial charge in [-0.05, 0) is 64.9 Å². The highest BCUT2D eigenvalue weighted by molar-refractivity contribution is 9.10. The van der Waals surface area contributed by atoms with Crippen molar-refractivity contribution < 1.29 is 4.74 Å². The maximum Gasteiger partial charge on any atom is 0.238 e. The summed E-state index contributed by atoms with van der Waals surface area (Å²) < 4.78 is 6.35. The Morgan fingerprint density at radius 3 is 2.74 bits per heavy atom. The van der Waals surface area contributed by atoms with Crippen LogP contribution in [0.2, 0.25) is 5.15 Å². The molecule has 1 aliphatic rings. The van der Waals surface area contributed by atoms with E-state index in [0.717, 1.165) is 12.2 Å². The molecule has 0 saturated carbocycles. The van der Waals surface area contributed by atoms with Crippen LogP contribution >= 0.6 is 27.5 Å². The number of fused-ring (bicyclic) bond motifs is 1. The van der Waals surface area contributed by atoms with Gasteiger partial charge in [-0.2, -0.15) is 0 Å². The van der Waals surface area contributed by atoms with Crippen molar-refractivity contribution in [3.05, 3.63) is 45.3 Å². The first-order valence-corrected chi connectivity index (χ1v) is 7.37. The molecule has 0 spiro atoms. The molecule has 3 rings (SSSR count). The zero-order chi connectivity index (χ0) is 13.2. The molecular weight excluding hydrogens is 328 g/mol. The highest BCUT2D eigenvalue weighted by atomic mass is 79.9. The zero-order valence-corrected chi connectivity index (χ0v) is 12.5.